The third-order valence-electron chi connectivity index (χ3n) is 8.75. The van der Waals surface area contributed by atoms with Crippen molar-refractivity contribution in [1.29, 1.82) is 5.26 Å². The number of nitriles is 1. The molecule has 4 fully saturated rings. The predicted molar refractivity (Wildman–Crippen MR) is 127 cm³/mol. The van der Waals surface area contributed by atoms with Crippen LogP contribution in [-0.4, -0.2) is 94.7 Å². The van der Waals surface area contributed by atoms with Crippen molar-refractivity contribution in [1.82, 2.24) is 19.6 Å². The highest BCUT2D eigenvalue weighted by molar-refractivity contribution is 5.94. The van der Waals surface area contributed by atoms with Crippen molar-refractivity contribution >= 4 is 17.7 Å². The van der Waals surface area contributed by atoms with Crippen LogP contribution in [0.15, 0.2) is 18.2 Å². The van der Waals surface area contributed by atoms with Gasteiger partial charge in [0, 0.05) is 44.8 Å². The summed E-state index contributed by atoms with van der Waals surface area (Å²) in [6.45, 7) is 1.07. The van der Waals surface area contributed by atoms with Crippen LogP contribution in [0.25, 0.3) is 0 Å². The Morgan fingerprint density at radius 2 is 2.03 bits per heavy atom. The number of amides is 3. The number of hydrogen-bond donors (Lipinski definition) is 1. The molecule has 3 aliphatic heterocycles. The molecule has 7 atom stereocenters. The van der Waals surface area contributed by atoms with E-state index in [2.05, 4.69) is 15.9 Å². The minimum Gasteiger partial charge on any atom is -0.345 e. The molecule has 1 aromatic carbocycles. The Kier molecular flexibility index (Phi) is 5.17. The van der Waals surface area contributed by atoms with Crippen LogP contribution in [0.2, 0.25) is 0 Å². The highest BCUT2D eigenvalue weighted by Gasteiger charge is 2.56. The van der Waals surface area contributed by atoms with Gasteiger partial charge in [0.05, 0.1) is 24.2 Å². The minimum atomic E-state index is -0.717. The van der Waals surface area contributed by atoms with E-state index in [1.165, 1.54) is 0 Å². The summed E-state index contributed by atoms with van der Waals surface area (Å²) >= 11 is 0. The van der Waals surface area contributed by atoms with Crippen molar-refractivity contribution in [2.75, 3.05) is 27.2 Å². The van der Waals surface area contributed by atoms with Crippen LogP contribution >= 0.6 is 0 Å². The van der Waals surface area contributed by atoms with E-state index in [9.17, 15) is 19.6 Å². The molecule has 3 amide bonds. The molecule has 0 spiro atoms. The van der Waals surface area contributed by atoms with Gasteiger partial charge in [0.1, 0.15) is 6.04 Å². The molecule has 9 heteroatoms. The first-order valence-electron chi connectivity index (χ1n) is 12.7. The lowest BCUT2D eigenvalue weighted by Crippen LogP contribution is -2.57. The SMILES string of the molecule is CN(C)C(=O)c1ccc2c(c1)CC[C@H]2N1C(=O)[C@@H]2C[C@H]1CN2C[C@H](N)C(=O)N1[C@H](C#N)CC2C[C@@H]21. The molecule has 184 valence electrons. The Hall–Kier alpha value is -2.96. The molecule has 2 N–H and O–H groups in total. The molecule has 2 aliphatic carbocycles. The summed E-state index contributed by atoms with van der Waals surface area (Å²) in [4.78, 5) is 46.3. The largest absolute Gasteiger partial charge is 0.345 e. The second-order valence-electron chi connectivity index (χ2n) is 11.1. The molecule has 3 saturated heterocycles. The van der Waals surface area contributed by atoms with Crippen molar-refractivity contribution in [3.8, 4) is 6.07 Å². The summed E-state index contributed by atoms with van der Waals surface area (Å²) in [5.74, 6) is 0.411. The Labute approximate surface area is 205 Å². The van der Waals surface area contributed by atoms with Gasteiger partial charge in [0.15, 0.2) is 0 Å². The van der Waals surface area contributed by atoms with Crippen molar-refractivity contribution in [2.45, 2.75) is 68.4 Å². The average molecular weight is 477 g/mol. The third-order valence-corrected chi connectivity index (χ3v) is 8.75. The molecule has 9 nitrogen and oxygen atoms in total. The highest BCUT2D eigenvalue weighted by Crippen LogP contribution is 2.48. The quantitative estimate of drug-likeness (QED) is 0.662. The molecule has 6 rings (SSSR count). The molecule has 2 bridgehead atoms. The van der Waals surface area contributed by atoms with E-state index in [0.29, 0.717) is 24.6 Å². The number of benzene rings is 1. The monoisotopic (exact) mass is 476 g/mol. The zero-order chi connectivity index (χ0) is 24.6. The maximum atomic E-state index is 13.4. The summed E-state index contributed by atoms with van der Waals surface area (Å²) in [7, 11) is 3.50. The maximum Gasteiger partial charge on any atom is 0.253 e. The minimum absolute atomic E-state index is 0.0127. The van der Waals surface area contributed by atoms with Gasteiger partial charge in [0.2, 0.25) is 11.8 Å². The van der Waals surface area contributed by atoms with Gasteiger partial charge in [-0.3, -0.25) is 19.3 Å². The second kappa shape index (κ2) is 8.04. The van der Waals surface area contributed by atoms with Crippen molar-refractivity contribution in [2.24, 2.45) is 11.7 Å². The van der Waals surface area contributed by atoms with Gasteiger partial charge >= 0.3 is 0 Å². The maximum absolute atomic E-state index is 13.4. The summed E-state index contributed by atoms with van der Waals surface area (Å²) in [6, 6.07) is 7.13. The Morgan fingerprint density at radius 3 is 2.74 bits per heavy atom. The first-order chi connectivity index (χ1) is 16.8. The zero-order valence-electron chi connectivity index (χ0n) is 20.3. The van der Waals surface area contributed by atoms with Gasteiger partial charge in [0.25, 0.3) is 5.91 Å². The van der Waals surface area contributed by atoms with E-state index in [4.69, 9.17) is 5.73 Å². The predicted octanol–water partition coefficient (Wildman–Crippen LogP) is 0.501. The van der Waals surface area contributed by atoms with E-state index >= 15 is 0 Å². The van der Waals surface area contributed by atoms with Crippen molar-refractivity contribution in [3.05, 3.63) is 34.9 Å². The molecule has 5 aliphatic rings. The molecule has 0 aromatic heterocycles. The lowest BCUT2D eigenvalue weighted by molar-refractivity contribution is -0.141. The lowest BCUT2D eigenvalue weighted by atomic mass is 10.0. The summed E-state index contributed by atoms with van der Waals surface area (Å²) in [5, 5.41) is 9.42. The highest BCUT2D eigenvalue weighted by atomic mass is 16.2. The van der Waals surface area contributed by atoms with Crippen LogP contribution in [0.3, 0.4) is 0 Å². The van der Waals surface area contributed by atoms with Crippen molar-refractivity contribution in [3.63, 3.8) is 0 Å². The fourth-order valence-electron chi connectivity index (χ4n) is 6.99. The van der Waals surface area contributed by atoms with E-state index in [0.717, 1.165) is 43.2 Å². The van der Waals surface area contributed by atoms with Gasteiger partial charge in [-0.15, -0.1) is 0 Å². The number of rotatable bonds is 5. The van der Waals surface area contributed by atoms with Crippen LogP contribution in [0.4, 0.5) is 0 Å². The first-order valence-corrected chi connectivity index (χ1v) is 12.7. The molecule has 1 unspecified atom stereocenters. The first kappa shape index (κ1) is 22.5. The van der Waals surface area contributed by atoms with Crippen molar-refractivity contribution < 1.29 is 14.4 Å². The average Bonchev–Trinajstić information content (AvgIpc) is 3.18. The summed E-state index contributed by atoms with van der Waals surface area (Å²) in [5.41, 5.74) is 9.32. The molecule has 1 aromatic rings. The van der Waals surface area contributed by atoms with Crippen LogP contribution < -0.4 is 5.73 Å². The second-order valence-corrected chi connectivity index (χ2v) is 11.1. The Balaban J connectivity index is 1.12. The van der Waals surface area contributed by atoms with Gasteiger partial charge < -0.3 is 20.4 Å². The number of nitrogens with two attached hydrogens (primary N) is 1. The fraction of sp³-hybridized carbons (Fsp3) is 0.615. The van der Waals surface area contributed by atoms with Crippen LogP contribution in [-0.2, 0) is 16.0 Å². The number of hydrogen-bond acceptors (Lipinski definition) is 6. The third kappa shape index (κ3) is 3.46. The van der Waals surface area contributed by atoms with Gasteiger partial charge in [-0.25, -0.2) is 0 Å². The van der Waals surface area contributed by atoms with Crippen LogP contribution in [0.5, 0.6) is 0 Å². The van der Waals surface area contributed by atoms with E-state index in [1.807, 2.05) is 18.2 Å². The fourth-order valence-corrected chi connectivity index (χ4v) is 6.99. The number of aryl methyl sites for hydroxylation is 1. The Morgan fingerprint density at radius 1 is 1.23 bits per heavy atom. The number of nitrogens with zero attached hydrogens (tertiary/aromatic N) is 5. The Bertz CT molecular complexity index is 1140. The van der Waals surface area contributed by atoms with E-state index < -0.39 is 6.04 Å². The van der Waals surface area contributed by atoms with Gasteiger partial charge in [-0.2, -0.15) is 5.26 Å². The number of piperazine rings is 1. The van der Waals surface area contributed by atoms with Gasteiger partial charge in [-0.05, 0) is 61.3 Å². The van der Waals surface area contributed by atoms with Crippen LogP contribution in [0, 0.1) is 17.2 Å². The number of fused-ring (bicyclic) bond motifs is 4. The standard InChI is InChI=1S/C26H32N6O3/c1-29(2)24(33)15-3-5-19-14(7-15)4-6-21(19)32-18-10-23(26(32)35)30(12-18)13-20(28)25(34)31-17(11-27)8-16-9-22(16)31/h3,5,7,16-18,20-23H,4,6,8-10,12-13,28H2,1-2H3/t16?,17-,18-,20-,21+,22-,23-/m0/s1. The molecular weight excluding hydrogens is 444 g/mol. The van der Waals surface area contributed by atoms with Crippen LogP contribution in [0.1, 0.15) is 53.2 Å². The number of likely N-dealkylation sites (tertiary alicyclic amines) is 3. The smallest absolute Gasteiger partial charge is 0.253 e. The lowest BCUT2D eigenvalue weighted by Gasteiger charge is -2.38. The summed E-state index contributed by atoms with van der Waals surface area (Å²) in [6.07, 6.45) is 4.23. The molecular formula is C26H32N6O3. The van der Waals surface area contributed by atoms with E-state index in [-0.39, 0.29) is 47.9 Å². The molecule has 0 radical (unpaired) electrons. The topological polar surface area (TPSA) is 114 Å². The number of carbonyl (C=O) groups is 3. The molecule has 1 saturated carbocycles. The molecule has 35 heavy (non-hydrogen) atoms. The molecule has 3 heterocycles. The van der Waals surface area contributed by atoms with E-state index in [1.54, 1.807) is 23.9 Å². The number of carbonyl (C=O) groups excluding carboxylic acids is 3. The zero-order valence-corrected chi connectivity index (χ0v) is 20.3. The van der Waals surface area contributed by atoms with Gasteiger partial charge in [-0.1, -0.05) is 6.07 Å². The summed E-state index contributed by atoms with van der Waals surface area (Å²) < 4.78 is 0. The normalized spacial score (nSPS) is 33.5. The number of piperidine rings is 1.